The minimum Gasteiger partial charge on any atom is -0.336 e. The van der Waals surface area contributed by atoms with Gasteiger partial charge >= 0.3 is 5.78 Å². The van der Waals surface area contributed by atoms with Crippen LogP contribution in [0.5, 0.6) is 0 Å². The Hall–Kier alpha value is -4.90. The van der Waals surface area contributed by atoms with Gasteiger partial charge in [0, 0.05) is 28.4 Å². The molecule has 0 aliphatic rings. The van der Waals surface area contributed by atoms with Crippen molar-refractivity contribution in [3.63, 3.8) is 0 Å². The van der Waals surface area contributed by atoms with Crippen LogP contribution in [0.1, 0.15) is 22.3 Å². The van der Waals surface area contributed by atoms with Crippen LogP contribution in [0.4, 0.5) is 0 Å². The van der Waals surface area contributed by atoms with Gasteiger partial charge < -0.3 is 4.57 Å². The van der Waals surface area contributed by atoms with Gasteiger partial charge in [0.1, 0.15) is 6.20 Å². The van der Waals surface area contributed by atoms with Crippen LogP contribution in [0, 0.1) is 20.8 Å². The topological polar surface area (TPSA) is 31.0 Å². The van der Waals surface area contributed by atoms with Crippen LogP contribution in [0.3, 0.4) is 0 Å². The van der Waals surface area contributed by atoms with Crippen LogP contribution in [0.15, 0.2) is 97.2 Å². The zero-order chi connectivity index (χ0) is 27.1. The number of benzene rings is 4. The second-order valence-corrected chi connectivity index (χ2v) is 11.0. The maximum absolute atomic E-state index is 5.26. The van der Waals surface area contributed by atoms with E-state index in [4.69, 9.17) is 4.98 Å². The van der Waals surface area contributed by atoms with E-state index in [0.717, 1.165) is 29.2 Å². The third-order valence-electron chi connectivity index (χ3n) is 8.63. The lowest BCUT2D eigenvalue weighted by molar-refractivity contribution is -0.664. The molecule has 5 nitrogen and oxygen atoms in total. The van der Waals surface area contributed by atoms with Gasteiger partial charge in [-0.3, -0.25) is 4.40 Å². The number of para-hydroxylation sites is 2. The van der Waals surface area contributed by atoms with Gasteiger partial charge in [-0.2, -0.15) is 9.55 Å². The van der Waals surface area contributed by atoms with E-state index in [9.17, 15) is 0 Å². The van der Waals surface area contributed by atoms with Crippen LogP contribution in [0.2, 0.25) is 0 Å². The van der Waals surface area contributed by atoms with Crippen molar-refractivity contribution in [3.05, 3.63) is 119 Å². The zero-order valence-corrected chi connectivity index (χ0v) is 23.2. The Balaban J connectivity index is 1.52. The molecule has 4 aromatic carbocycles. The van der Waals surface area contributed by atoms with Gasteiger partial charge in [0.15, 0.2) is 5.52 Å². The van der Waals surface area contributed by atoms with E-state index < -0.39 is 0 Å². The Morgan fingerprint density at radius 2 is 1.48 bits per heavy atom. The average Bonchev–Trinajstić information content (AvgIpc) is 3.60. The summed E-state index contributed by atoms with van der Waals surface area (Å²) in [6.45, 7) is 7.37. The largest absolute Gasteiger partial charge is 0.336 e. The second-order valence-electron chi connectivity index (χ2n) is 11.0. The fraction of sp³-hybridized carbons (Fsp3) is 0.143. The highest BCUT2D eigenvalue weighted by Crippen LogP contribution is 2.35. The molecule has 194 valence electrons. The van der Waals surface area contributed by atoms with Gasteiger partial charge in [-0.05, 0) is 55.7 Å². The van der Waals surface area contributed by atoms with E-state index in [1.165, 1.54) is 55.1 Å². The molecule has 0 atom stereocenters. The van der Waals surface area contributed by atoms with Crippen molar-refractivity contribution in [1.29, 1.82) is 0 Å². The normalized spacial score (nSPS) is 12.1. The molecule has 0 aliphatic heterocycles. The summed E-state index contributed by atoms with van der Waals surface area (Å²) in [5.41, 5.74) is 12.1. The first-order chi connectivity index (χ1) is 19.5. The van der Waals surface area contributed by atoms with Gasteiger partial charge in [0.2, 0.25) is 0 Å². The van der Waals surface area contributed by atoms with Crippen molar-refractivity contribution in [1.82, 2.24) is 18.5 Å². The third-order valence-corrected chi connectivity index (χ3v) is 8.63. The molecule has 0 aliphatic carbocycles. The summed E-state index contributed by atoms with van der Waals surface area (Å²) in [4.78, 5) is 5.26. The zero-order valence-electron chi connectivity index (χ0n) is 23.2. The summed E-state index contributed by atoms with van der Waals surface area (Å²) in [6.07, 6.45) is 2.29. The smallest absolute Gasteiger partial charge is 0.312 e. The Bertz CT molecular complexity index is 2280. The molecule has 5 heteroatoms. The van der Waals surface area contributed by atoms with Crippen molar-refractivity contribution in [2.45, 2.75) is 27.3 Å². The summed E-state index contributed by atoms with van der Waals surface area (Å²) in [7, 11) is 2.15. The maximum Gasteiger partial charge on any atom is 0.312 e. The lowest BCUT2D eigenvalue weighted by atomic mass is 10.1. The van der Waals surface area contributed by atoms with E-state index in [1.807, 2.05) is 0 Å². The summed E-state index contributed by atoms with van der Waals surface area (Å²) in [5.74, 6) is 2.03. The lowest BCUT2D eigenvalue weighted by Gasteiger charge is -2.09. The first-order valence-corrected chi connectivity index (χ1v) is 13.8. The molecule has 8 rings (SSSR count). The first-order valence-electron chi connectivity index (χ1n) is 13.8. The van der Waals surface area contributed by atoms with Crippen molar-refractivity contribution < 1.29 is 4.57 Å². The van der Waals surface area contributed by atoms with Crippen LogP contribution in [-0.4, -0.2) is 18.5 Å². The lowest BCUT2D eigenvalue weighted by Crippen LogP contribution is -2.33. The first kappa shape index (κ1) is 23.0. The third kappa shape index (κ3) is 3.09. The van der Waals surface area contributed by atoms with Gasteiger partial charge in [-0.25, -0.2) is 4.57 Å². The highest BCUT2D eigenvalue weighted by atomic mass is 15.3. The van der Waals surface area contributed by atoms with Gasteiger partial charge in [-0.15, -0.1) is 0 Å². The van der Waals surface area contributed by atoms with E-state index in [-0.39, 0.29) is 0 Å². The molecule has 4 heterocycles. The quantitative estimate of drug-likeness (QED) is 0.224. The Kier molecular flexibility index (Phi) is 4.78. The summed E-state index contributed by atoms with van der Waals surface area (Å²) in [6, 6.07) is 32.8. The molecular formula is C35H30N5+. The van der Waals surface area contributed by atoms with E-state index in [2.05, 4.69) is 143 Å². The number of hydrogen-bond acceptors (Lipinski definition) is 1. The Morgan fingerprint density at radius 3 is 2.33 bits per heavy atom. The molecule has 0 spiro atoms. The average molecular weight is 521 g/mol. The number of aromatic nitrogens is 5. The minimum atomic E-state index is 0.810. The minimum absolute atomic E-state index is 0.810. The van der Waals surface area contributed by atoms with Gasteiger partial charge in [0.05, 0.1) is 35.2 Å². The molecule has 0 radical (unpaired) electrons. The molecular weight excluding hydrogens is 490 g/mol. The standard InChI is InChI=1S/C35H30N5/c1-22-17-18-30-34(24(22)3)40(35-36-33-23(2)11-10-16-29(33)39(30)35)32-19-31-27(21-37(32)4)26-14-8-9-15-28(26)38(31)20-25-12-6-5-7-13-25/h5-19,21H,20H2,1-4H3/q+1. The highest BCUT2D eigenvalue weighted by Gasteiger charge is 2.28. The number of fused-ring (bicyclic) bond motifs is 8. The summed E-state index contributed by atoms with van der Waals surface area (Å²) in [5, 5.41) is 2.52. The van der Waals surface area contributed by atoms with Crippen molar-refractivity contribution in [2.75, 3.05) is 0 Å². The predicted octanol–water partition coefficient (Wildman–Crippen LogP) is 7.34. The van der Waals surface area contributed by atoms with E-state index in [0.29, 0.717) is 0 Å². The molecule has 0 saturated heterocycles. The predicted molar refractivity (Wildman–Crippen MR) is 163 cm³/mol. The highest BCUT2D eigenvalue weighted by molar-refractivity contribution is 6.08. The van der Waals surface area contributed by atoms with Gasteiger partial charge in [0.25, 0.3) is 5.82 Å². The van der Waals surface area contributed by atoms with Crippen LogP contribution in [0.25, 0.3) is 55.5 Å². The molecule has 0 N–H and O–H groups in total. The molecule has 0 unspecified atom stereocenters. The number of hydrogen-bond donors (Lipinski definition) is 0. The monoisotopic (exact) mass is 520 g/mol. The Morgan fingerprint density at radius 1 is 0.700 bits per heavy atom. The Labute approximate surface area is 232 Å². The molecule has 0 bridgehead atoms. The number of aryl methyl sites for hydroxylation is 4. The fourth-order valence-electron chi connectivity index (χ4n) is 6.46. The molecule has 8 aromatic rings. The molecule has 0 saturated carbocycles. The van der Waals surface area contributed by atoms with Gasteiger partial charge in [-0.1, -0.05) is 66.7 Å². The molecule has 0 fully saturated rings. The molecule has 0 amide bonds. The molecule has 40 heavy (non-hydrogen) atoms. The number of rotatable bonds is 3. The van der Waals surface area contributed by atoms with Crippen LogP contribution >= 0.6 is 0 Å². The fourth-order valence-corrected chi connectivity index (χ4v) is 6.46. The van der Waals surface area contributed by atoms with E-state index in [1.54, 1.807) is 0 Å². The second kappa shape index (κ2) is 8.30. The van der Waals surface area contributed by atoms with Crippen LogP contribution < -0.4 is 4.57 Å². The summed E-state index contributed by atoms with van der Waals surface area (Å²) >= 11 is 0. The SMILES string of the molecule is Cc1ccc2c(c1C)n(-c1cc3c(c[n+]1C)c1ccccc1n3Cc1ccccc1)c1nc3c(C)cccc3n21. The van der Waals surface area contributed by atoms with Crippen molar-refractivity contribution in [3.8, 4) is 5.82 Å². The number of nitrogens with zero attached hydrogens (tertiary/aromatic N) is 5. The van der Waals surface area contributed by atoms with Crippen molar-refractivity contribution >= 4 is 49.7 Å². The van der Waals surface area contributed by atoms with E-state index >= 15 is 0 Å². The van der Waals surface area contributed by atoms with Crippen LogP contribution in [-0.2, 0) is 13.6 Å². The number of imidazole rings is 2. The number of pyridine rings is 1. The maximum atomic E-state index is 5.26. The van der Waals surface area contributed by atoms with Crippen molar-refractivity contribution in [2.24, 2.45) is 7.05 Å². The summed E-state index contributed by atoms with van der Waals surface area (Å²) < 4.78 is 9.40. The molecule has 4 aromatic heterocycles.